The number of hydrogen-bond donors (Lipinski definition) is 4. The Morgan fingerprint density at radius 1 is 0.957 bits per heavy atom. The van der Waals surface area contributed by atoms with Gasteiger partial charge in [-0.25, -0.2) is 0 Å². The Kier molecular flexibility index (Phi) is 13.0. The van der Waals surface area contributed by atoms with Gasteiger partial charge in [0.1, 0.15) is 24.4 Å². The summed E-state index contributed by atoms with van der Waals surface area (Å²) in [5.41, 5.74) is 2.34. The molecule has 0 radical (unpaired) electrons. The van der Waals surface area contributed by atoms with Gasteiger partial charge in [-0.15, -0.1) is 0 Å². The highest BCUT2D eigenvalue weighted by Gasteiger charge is 2.29. The second-order valence-corrected chi connectivity index (χ2v) is 12.9. The summed E-state index contributed by atoms with van der Waals surface area (Å²) in [5, 5.41) is 11.7. The van der Waals surface area contributed by atoms with E-state index in [0.29, 0.717) is 12.2 Å². The minimum Gasteiger partial charge on any atom is -0.491 e. The number of para-hydroxylation sites is 1. The maximum absolute atomic E-state index is 13.5. The second kappa shape index (κ2) is 17.1. The standard InChI is InChI=1S/C35H49N5O6/c1-23(2)18-27-22-46-30-11-6-5-10-28(30)33(42)38-29(12-13-31(41)39-32(24(3)4)35(44)37-27)34(43)36-20-25-8-7-9-26(19-25)21-40-14-16-45-17-15-40/h5-11,19,23-24,27,29,32H,12-18,20-22H2,1-4H3,(H,36,43)(H,37,44)(H,38,42)(H,39,41)/t27-,29+,32-/m1/s1. The van der Waals surface area contributed by atoms with Crippen molar-refractivity contribution >= 4 is 23.6 Å². The fraction of sp³-hybridized carbons (Fsp3) is 0.543. The van der Waals surface area contributed by atoms with Crippen molar-refractivity contribution in [3.05, 3.63) is 65.2 Å². The van der Waals surface area contributed by atoms with E-state index in [-0.39, 0.29) is 61.2 Å². The first-order chi connectivity index (χ1) is 22.1. The zero-order chi connectivity index (χ0) is 33.1. The van der Waals surface area contributed by atoms with Crippen LogP contribution in [0.4, 0.5) is 0 Å². The Labute approximate surface area is 272 Å². The van der Waals surface area contributed by atoms with Crippen molar-refractivity contribution in [1.82, 2.24) is 26.2 Å². The third-order valence-electron chi connectivity index (χ3n) is 8.19. The molecule has 0 unspecified atom stereocenters. The molecule has 4 N–H and O–H groups in total. The highest BCUT2D eigenvalue weighted by atomic mass is 16.5. The third kappa shape index (κ3) is 10.6. The van der Waals surface area contributed by atoms with Gasteiger partial charge in [0.05, 0.1) is 24.8 Å². The summed E-state index contributed by atoms with van der Waals surface area (Å²) in [6, 6.07) is 12.8. The molecule has 1 saturated heterocycles. The van der Waals surface area contributed by atoms with Crippen molar-refractivity contribution in [3.8, 4) is 5.75 Å². The summed E-state index contributed by atoms with van der Waals surface area (Å²) in [6.07, 6.45) is 0.639. The minimum atomic E-state index is -0.993. The zero-order valence-electron chi connectivity index (χ0n) is 27.5. The fourth-order valence-electron chi connectivity index (χ4n) is 5.73. The number of nitrogens with zero attached hydrogens (tertiary/aromatic N) is 1. The van der Waals surface area contributed by atoms with E-state index in [2.05, 4.69) is 52.1 Å². The van der Waals surface area contributed by atoms with Crippen LogP contribution in [-0.4, -0.2) is 79.6 Å². The molecule has 3 atom stereocenters. The van der Waals surface area contributed by atoms with Crippen LogP contribution in [0.15, 0.2) is 48.5 Å². The van der Waals surface area contributed by atoms with E-state index in [1.165, 1.54) is 0 Å². The van der Waals surface area contributed by atoms with Crippen LogP contribution in [0.5, 0.6) is 5.75 Å². The Morgan fingerprint density at radius 2 is 1.70 bits per heavy atom. The van der Waals surface area contributed by atoms with Gasteiger partial charge in [0, 0.05) is 32.6 Å². The van der Waals surface area contributed by atoms with Gasteiger partial charge in [0.25, 0.3) is 5.91 Å². The van der Waals surface area contributed by atoms with Gasteiger partial charge < -0.3 is 30.7 Å². The number of ether oxygens (including phenoxy) is 2. The molecule has 11 nitrogen and oxygen atoms in total. The number of carbonyl (C=O) groups excluding carboxylic acids is 4. The molecule has 46 heavy (non-hydrogen) atoms. The van der Waals surface area contributed by atoms with Crippen molar-refractivity contribution in [2.24, 2.45) is 11.8 Å². The van der Waals surface area contributed by atoms with E-state index < -0.39 is 23.9 Å². The van der Waals surface area contributed by atoms with Gasteiger partial charge in [-0.3, -0.25) is 24.1 Å². The average molecular weight is 636 g/mol. The molecule has 4 rings (SSSR count). The molecule has 4 amide bonds. The highest BCUT2D eigenvalue weighted by Crippen LogP contribution is 2.20. The van der Waals surface area contributed by atoms with Gasteiger partial charge in [-0.05, 0) is 47.9 Å². The van der Waals surface area contributed by atoms with E-state index in [4.69, 9.17) is 9.47 Å². The fourth-order valence-corrected chi connectivity index (χ4v) is 5.73. The maximum atomic E-state index is 13.5. The van der Waals surface area contributed by atoms with E-state index in [1.54, 1.807) is 24.3 Å². The van der Waals surface area contributed by atoms with Crippen molar-refractivity contribution in [2.75, 3.05) is 32.9 Å². The molecule has 1 fully saturated rings. The predicted octanol–water partition coefficient (Wildman–Crippen LogP) is 2.78. The average Bonchev–Trinajstić information content (AvgIpc) is 3.03. The number of nitrogens with one attached hydrogen (secondary N) is 4. The van der Waals surface area contributed by atoms with Crippen LogP contribution in [0.1, 0.15) is 68.4 Å². The molecule has 0 bridgehead atoms. The summed E-state index contributed by atoms with van der Waals surface area (Å²) in [6.45, 7) is 12.3. The molecule has 2 aliphatic rings. The Bertz CT molecular complexity index is 1340. The molecule has 0 spiro atoms. The van der Waals surface area contributed by atoms with Gasteiger partial charge in [0.15, 0.2) is 0 Å². The first-order valence-corrected chi connectivity index (χ1v) is 16.4. The topological polar surface area (TPSA) is 138 Å². The van der Waals surface area contributed by atoms with Crippen molar-refractivity contribution in [2.45, 2.75) is 78.2 Å². The van der Waals surface area contributed by atoms with Crippen LogP contribution < -0.4 is 26.0 Å². The molecule has 0 saturated carbocycles. The van der Waals surface area contributed by atoms with Crippen molar-refractivity contribution in [1.29, 1.82) is 0 Å². The molecule has 0 aromatic heterocycles. The first kappa shape index (κ1) is 34.9. The molecule has 2 aromatic carbocycles. The molecule has 2 aromatic rings. The number of rotatable bonds is 8. The summed E-state index contributed by atoms with van der Waals surface area (Å²) < 4.78 is 11.6. The number of hydrogen-bond acceptors (Lipinski definition) is 7. The van der Waals surface area contributed by atoms with E-state index in [0.717, 1.165) is 44.0 Å². The largest absolute Gasteiger partial charge is 0.491 e. The molecule has 0 aliphatic carbocycles. The predicted molar refractivity (Wildman–Crippen MR) is 175 cm³/mol. The van der Waals surface area contributed by atoms with Crippen LogP contribution in [0.2, 0.25) is 0 Å². The number of morpholine rings is 1. The lowest BCUT2D eigenvalue weighted by Gasteiger charge is -2.26. The molecular weight excluding hydrogens is 586 g/mol. The van der Waals surface area contributed by atoms with E-state index in [1.807, 2.05) is 26.0 Å². The number of carbonyl (C=O) groups is 4. The first-order valence-electron chi connectivity index (χ1n) is 16.4. The second-order valence-electron chi connectivity index (χ2n) is 12.9. The SMILES string of the molecule is CC(C)C[C@@H]1COc2ccccc2C(=O)N[C@H](C(=O)NCc2cccc(CN3CCOCC3)c2)CCC(=O)N[C@H](C(C)C)C(=O)N1. The molecular formula is C35H49N5O6. The van der Waals surface area contributed by atoms with Crippen LogP contribution in [-0.2, 0) is 32.2 Å². The lowest BCUT2D eigenvalue weighted by molar-refractivity contribution is -0.131. The van der Waals surface area contributed by atoms with Crippen LogP contribution in [0, 0.1) is 11.8 Å². The summed E-state index contributed by atoms with van der Waals surface area (Å²) >= 11 is 0. The van der Waals surface area contributed by atoms with Crippen molar-refractivity contribution in [3.63, 3.8) is 0 Å². The molecule has 11 heteroatoms. The smallest absolute Gasteiger partial charge is 0.255 e. The Morgan fingerprint density at radius 3 is 2.43 bits per heavy atom. The van der Waals surface area contributed by atoms with E-state index >= 15 is 0 Å². The van der Waals surface area contributed by atoms with Crippen LogP contribution in [0.25, 0.3) is 0 Å². The molecule has 2 heterocycles. The number of benzene rings is 2. The normalized spacial score (nSPS) is 22.0. The van der Waals surface area contributed by atoms with Crippen molar-refractivity contribution < 1.29 is 28.7 Å². The Hall–Kier alpha value is -3.96. The lowest BCUT2D eigenvalue weighted by atomic mass is 10.00. The van der Waals surface area contributed by atoms with Gasteiger partial charge in [0.2, 0.25) is 17.7 Å². The molecule has 250 valence electrons. The third-order valence-corrected chi connectivity index (χ3v) is 8.19. The minimum absolute atomic E-state index is 0.0475. The summed E-state index contributed by atoms with van der Waals surface area (Å²) in [7, 11) is 0. The number of fused-ring (bicyclic) bond motifs is 1. The molecule has 2 aliphatic heterocycles. The zero-order valence-corrected chi connectivity index (χ0v) is 27.5. The van der Waals surface area contributed by atoms with E-state index in [9.17, 15) is 19.2 Å². The maximum Gasteiger partial charge on any atom is 0.255 e. The number of amides is 4. The van der Waals surface area contributed by atoms with Gasteiger partial charge in [-0.1, -0.05) is 64.1 Å². The van der Waals surface area contributed by atoms with Gasteiger partial charge in [-0.2, -0.15) is 0 Å². The quantitative estimate of drug-likeness (QED) is 0.350. The summed E-state index contributed by atoms with van der Waals surface area (Å²) in [4.78, 5) is 55.8. The van der Waals surface area contributed by atoms with Gasteiger partial charge >= 0.3 is 0 Å². The van der Waals surface area contributed by atoms with Crippen LogP contribution >= 0.6 is 0 Å². The lowest BCUT2D eigenvalue weighted by Crippen LogP contribution is -2.53. The highest BCUT2D eigenvalue weighted by molar-refractivity contribution is 5.99. The summed E-state index contributed by atoms with van der Waals surface area (Å²) in [5.74, 6) is -1.10. The Balaban J connectivity index is 1.51. The van der Waals surface area contributed by atoms with Crippen LogP contribution in [0.3, 0.4) is 0 Å². The monoisotopic (exact) mass is 635 g/mol.